The van der Waals surface area contributed by atoms with E-state index >= 15 is 0 Å². The van der Waals surface area contributed by atoms with E-state index in [0.717, 1.165) is 12.0 Å². The number of carbonyl (C=O) groups excluding carboxylic acids is 3. The predicted molar refractivity (Wildman–Crippen MR) is 89.2 cm³/mol. The maximum Gasteiger partial charge on any atom is 0.326 e. The van der Waals surface area contributed by atoms with Crippen molar-refractivity contribution in [3.63, 3.8) is 0 Å². The van der Waals surface area contributed by atoms with E-state index in [1.807, 2.05) is 12.1 Å². The van der Waals surface area contributed by atoms with Crippen LogP contribution in [-0.2, 0) is 9.59 Å². The van der Waals surface area contributed by atoms with Gasteiger partial charge in [0.1, 0.15) is 17.5 Å². The highest BCUT2D eigenvalue weighted by Crippen LogP contribution is 2.43. The van der Waals surface area contributed by atoms with Crippen LogP contribution < -0.4 is 15.4 Å². The molecule has 128 valence electrons. The van der Waals surface area contributed by atoms with E-state index in [2.05, 4.69) is 15.6 Å². The lowest BCUT2D eigenvalue weighted by Crippen LogP contribution is -2.58. The van der Waals surface area contributed by atoms with Gasteiger partial charge in [0.05, 0.1) is 7.11 Å². The zero-order chi connectivity index (χ0) is 17.6. The summed E-state index contributed by atoms with van der Waals surface area (Å²) in [5.41, 5.74) is 2.10. The fraction of sp³-hybridized carbons (Fsp3) is 0.333. The van der Waals surface area contributed by atoms with Crippen LogP contribution in [-0.4, -0.2) is 30.7 Å². The van der Waals surface area contributed by atoms with Crippen molar-refractivity contribution >= 4 is 23.6 Å². The summed E-state index contributed by atoms with van der Waals surface area (Å²) < 4.78 is 5.19. The van der Waals surface area contributed by atoms with Crippen molar-refractivity contribution in [1.82, 2.24) is 10.6 Å². The molecule has 2 atom stereocenters. The van der Waals surface area contributed by atoms with E-state index in [9.17, 15) is 14.4 Å². The fourth-order valence-electron chi connectivity index (χ4n) is 3.74. The summed E-state index contributed by atoms with van der Waals surface area (Å²) >= 11 is 0. The third kappa shape index (κ3) is 2.52. The lowest BCUT2D eigenvalue weighted by Gasteiger charge is -2.37. The Morgan fingerprint density at radius 1 is 1.04 bits per heavy atom. The van der Waals surface area contributed by atoms with Crippen LogP contribution in [0.2, 0.25) is 0 Å². The highest BCUT2D eigenvalue weighted by molar-refractivity contribution is 6.20. The highest BCUT2D eigenvalue weighted by atomic mass is 16.5. The van der Waals surface area contributed by atoms with Crippen LogP contribution in [0.1, 0.15) is 30.7 Å². The summed E-state index contributed by atoms with van der Waals surface area (Å²) in [6.07, 6.45) is 1.85. The van der Waals surface area contributed by atoms with Crippen LogP contribution in [0.4, 0.5) is 4.79 Å². The van der Waals surface area contributed by atoms with E-state index in [-0.39, 0.29) is 5.78 Å². The number of urea groups is 1. The first kappa shape index (κ1) is 15.6. The number of benzene rings is 1. The topological polar surface area (TPSA) is 96.9 Å². The van der Waals surface area contributed by atoms with E-state index in [1.165, 1.54) is 0 Å². The summed E-state index contributed by atoms with van der Waals surface area (Å²) in [5.74, 6) is -0.571. The molecule has 0 aromatic heterocycles. The molecule has 2 N–H and O–H groups in total. The maximum atomic E-state index is 12.6. The van der Waals surface area contributed by atoms with Gasteiger partial charge in [0.25, 0.3) is 0 Å². The third-order valence-corrected chi connectivity index (χ3v) is 4.86. The Morgan fingerprint density at radius 2 is 1.80 bits per heavy atom. The molecule has 3 amide bonds. The van der Waals surface area contributed by atoms with Crippen molar-refractivity contribution < 1.29 is 19.1 Å². The average molecular weight is 339 g/mol. The number of rotatable bonds is 2. The van der Waals surface area contributed by atoms with E-state index in [0.29, 0.717) is 35.7 Å². The molecule has 2 heterocycles. The Hall–Kier alpha value is -2.96. The van der Waals surface area contributed by atoms with Gasteiger partial charge in [-0.05, 0) is 30.5 Å². The number of imide groups is 1. The van der Waals surface area contributed by atoms with E-state index in [4.69, 9.17) is 4.74 Å². The van der Waals surface area contributed by atoms with E-state index in [1.54, 1.807) is 19.2 Å². The van der Waals surface area contributed by atoms with Crippen LogP contribution in [0.3, 0.4) is 0 Å². The van der Waals surface area contributed by atoms with Gasteiger partial charge in [-0.1, -0.05) is 12.1 Å². The lowest BCUT2D eigenvalue weighted by molar-refractivity contribution is -0.122. The smallest absolute Gasteiger partial charge is 0.326 e. The van der Waals surface area contributed by atoms with Gasteiger partial charge >= 0.3 is 6.03 Å². The fourth-order valence-corrected chi connectivity index (χ4v) is 3.74. The number of fused-ring (bicyclic) bond motifs is 1. The molecule has 25 heavy (non-hydrogen) atoms. The Balaban J connectivity index is 1.86. The zero-order valence-corrected chi connectivity index (χ0v) is 13.7. The first-order valence-electron chi connectivity index (χ1n) is 8.19. The van der Waals surface area contributed by atoms with Crippen LogP contribution in [0.5, 0.6) is 5.75 Å². The van der Waals surface area contributed by atoms with Gasteiger partial charge in [-0.25, -0.2) is 9.79 Å². The number of ether oxygens (including phenoxy) is 1. The number of hydrogen-bond donors (Lipinski definition) is 2. The highest BCUT2D eigenvalue weighted by Gasteiger charge is 2.46. The minimum absolute atomic E-state index is 0.0227. The van der Waals surface area contributed by atoms with Crippen LogP contribution in [0.15, 0.2) is 40.5 Å². The minimum atomic E-state index is -0.716. The Bertz CT molecular complexity index is 838. The van der Waals surface area contributed by atoms with Crippen LogP contribution in [0, 0.1) is 5.92 Å². The summed E-state index contributed by atoms with van der Waals surface area (Å²) in [6, 6.07) is 6.71. The second kappa shape index (κ2) is 5.84. The van der Waals surface area contributed by atoms with Crippen molar-refractivity contribution in [2.45, 2.75) is 25.2 Å². The number of Topliss-reactive ketones (excluding diaryl/α,β-unsaturated/α-hetero) is 1. The number of amides is 3. The average Bonchev–Trinajstić information content (AvgIpc) is 2.60. The van der Waals surface area contributed by atoms with Crippen LogP contribution >= 0.6 is 0 Å². The van der Waals surface area contributed by atoms with Gasteiger partial charge in [0, 0.05) is 23.6 Å². The molecule has 7 heteroatoms. The number of allylic oxidation sites excluding steroid dienone is 2. The molecule has 1 saturated heterocycles. The van der Waals surface area contributed by atoms with E-state index < -0.39 is 23.8 Å². The third-order valence-electron chi connectivity index (χ3n) is 4.86. The molecule has 0 bridgehead atoms. The first-order chi connectivity index (χ1) is 12.1. The molecule has 0 radical (unpaired) electrons. The molecule has 1 aromatic carbocycles. The standard InChI is InChI=1S/C18H17N3O4/c1-25-10-7-5-9(6-8-10)13-14-11(3-2-4-12(14)22)19-16-15(13)17(23)21-18(24)20-16/h5-8,13,15H,2-4H2,1H3,(H2,19,20,21,23,24). The lowest BCUT2D eigenvalue weighted by atomic mass is 9.72. The summed E-state index contributed by atoms with van der Waals surface area (Å²) in [7, 11) is 1.58. The van der Waals surface area contributed by atoms with Crippen LogP contribution in [0.25, 0.3) is 0 Å². The number of ketones is 1. The first-order valence-corrected chi connectivity index (χ1v) is 8.19. The van der Waals surface area contributed by atoms with Crippen molar-refractivity contribution in [2.75, 3.05) is 7.11 Å². The van der Waals surface area contributed by atoms with Crippen molar-refractivity contribution in [3.8, 4) is 5.75 Å². The number of methoxy groups -OCH3 is 1. The van der Waals surface area contributed by atoms with Gasteiger partial charge < -0.3 is 4.74 Å². The summed E-state index contributed by atoms with van der Waals surface area (Å²) in [5, 5.41) is 4.91. The molecule has 7 nitrogen and oxygen atoms in total. The number of carbonyl (C=O) groups is 3. The Morgan fingerprint density at radius 3 is 2.52 bits per heavy atom. The van der Waals surface area contributed by atoms with Gasteiger partial charge in [-0.3, -0.25) is 20.2 Å². The van der Waals surface area contributed by atoms with Gasteiger partial charge in [0.2, 0.25) is 5.91 Å². The number of amidine groups is 1. The molecule has 0 saturated carbocycles. The number of hydrogen-bond acceptors (Lipinski definition) is 5. The number of aliphatic imine (C=N–C) groups is 1. The SMILES string of the molecule is COc1ccc(C2C3=C(CCCC3=O)N=C3NC(=O)NC(=O)C32)cc1. The van der Waals surface area contributed by atoms with Gasteiger partial charge in [0.15, 0.2) is 5.78 Å². The van der Waals surface area contributed by atoms with Crippen molar-refractivity contribution in [3.05, 3.63) is 41.1 Å². The Labute approximate surface area is 144 Å². The van der Waals surface area contributed by atoms with Crippen molar-refractivity contribution in [1.29, 1.82) is 0 Å². The molecule has 1 fully saturated rings. The molecule has 2 unspecified atom stereocenters. The summed E-state index contributed by atoms with van der Waals surface area (Å²) in [6.45, 7) is 0. The molecule has 2 aliphatic heterocycles. The molecule has 0 spiro atoms. The quantitative estimate of drug-likeness (QED) is 0.856. The molecular formula is C18H17N3O4. The normalized spacial score (nSPS) is 25.5. The Kier molecular flexibility index (Phi) is 3.63. The number of nitrogens with zero attached hydrogens (tertiary/aromatic N) is 1. The monoisotopic (exact) mass is 339 g/mol. The number of nitrogens with one attached hydrogen (secondary N) is 2. The van der Waals surface area contributed by atoms with Gasteiger partial charge in [-0.2, -0.15) is 0 Å². The van der Waals surface area contributed by atoms with Gasteiger partial charge in [-0.15, -0.1) is 0 Å². The zero-order valence-electron chi connectivity index (χ0n) is 13.7. The minimum Gasteiger partial charge on any atom is -0.497 e. The molecular weight excluding hydrogens is 322 g/mol. The van der Waals surface area contributed by atoms with Crippen molar-refractivity contribution in [2.24, 2.45) is 10.9 Å². The summed E-state index contributed by atoms with van der Waals surface area (Å²) in [4.78, 5) is 41.2. The predicted octanol–water partition coefficient (Wildman–Crippen LogP) is 1.65. The second-order valence-electron chi connectivity index (χ2n) is 6.31. The molecule has 4 rings (SSSR count). The molecule has 3 aliphatic rings. The largest absolute Gasteiger partial charge is 0.497 e. The molecule has 1 aliphatic carbocycles. The maximum absolute atomic E-state index is 12.6. The molecule has 1 aromatic rings. The second-order valence-corrected chi connectivity index (χ2v) is 6.31.